The molecule has 0 radical (unpaired) electrons. The summed E-state index contributed by atoms with van der Waals surface area (Å²) in [5.74, 6) is -0.917. The lowest BCUT2D eigenvalue weighted by Gasteiger charge is -2.55. The van der Waals surface area contributed by atoms with Crippen molar-refractivity contribution in [2.24, 2.45) is 16.2 Å². The van der Waals surface area contributed by atoms with Gasteiger partial charge in [0.25, 0.3) is 5.91 Å². The molecule has 8 heteroatoms. The molecule has 2 unspecified atom stereocenters. The smallest absolute Gasteiger partial charge is 0.276 e. The lowest BCUT2D eigenvalue weighted by Crippen LogP contribution is -2.64. The normalized spacial score (nSPS) is 31.2. The van der Waals surface area contributed by atoms with Gasteiger partial charge in [0.1, 0.15) is 5.75 Å². The average molecular weight is 401 g/mol. The zero-order valence-electron chi connectivity index (χ0n) is 17.2. The number of fused-ring (bicyclic) bond motifs is 2. The molecule has 1 aliphatic heterocycles. The Balaban J connectivity index is 1.63. The molecule has 3 rings (SSSR count). The Morgan fingerprint density at radius 1 is 0.966 bits per heavy atom. The number of para-hydroxylation sites is 1. The fourth-order valence-corrected chi connectivity index (χ4v) is 5.11. The van der Waals surface area contributed by atoms with Gasteiger partial charge in [0.05, 0.1) is 5.41 Å². The number of hydrogen-bond acceptors (Lipinski definition) is 5. The molecular weight excluding hydrogens is 374 g/mol. The van der Waals surface area contributed by atoms with Crippen LogP contribution in [0.2, 0.25) is 0 Å². The van der Waals surface area contributed by atoms with Crippen molar-refractivity contribution < 1.29 is 23.9 Å². The van der Waals surface area contributed by atoms with Crippen molar-refractivity contribution in [3.63, 3.8) is 0 Å². The van der Waals surface area contributed by atoms with E-state index in [0.29, 0.717) is 25.0 Å². The van der Waals surface area contributed by atoms with E-state index >= 15 is 0 Å². The number of rotatable bonds is 4. The Labute approximate surface area is 169 Å². The summed E-state index contributed by atoms with van der Waals surface area (Å²) in [4.78, 5) is 51.5. The van der Waals surface area contributed by atoms with Crippen LogP contribution in [-0.4, -0.2) is 42.2 Å². The molecule has 1 saturated heterocycles. The second kappa shape index (κ2) is 7.17. The summed E-state index contributed by atoms with van der Waals surface area (Å²) in [5.41, 5.74) is 2.22. The molecule has 2 fully saturated rings. The zero-order chi connectivity index (χ0) is 21.4. The number of hydrogen-bond donors (Lipinski definition) is 2. The largest absolute Gasteiger partial charge is 0.484 e. The summed E-state index contributed by atoms with van der Waals surface area (Å²) in [7, 11) is 1.50. The Kier molecular flexibility index (Phi) is 5.15. The molecule has 2 bridgehead atoms. The molecule has 0 spiro atoms. The van der Waals surface area contributed by atoms with Crippen molar-refractivity contribution in [3.8, 4) is 5.75 Å². The Morgan fingerprint density at radius 2 is 1.52 bits per heavy atom. The first kappa shape index (κ1) is 20.8. The first-order valence-electron chi connectivity index (χ1n) is 9.59. The lowest BCUT2D eigenvalue weighted by atomic mass is 9.51. The summed E-state index contributed by atoms with van der Waals surface area (Å²) < 4.78 is 5.35. The molecule has 4 amide bonds. The Bertz CT molecular complexity index is 825. The van der Waals surface area contributed by atoms with Gasteiger partial charge in [-0.15, -0.1) is 0 Å². The van der Waals surface area contributed by atoms with E-state index in [2.05, 4.69) is 10.9 Å². The summed E-state index contributed by atoms with van der Waals surface area (Å²) in [5, 5.41) is 0. The summed E-state index contributed by atoms with van der Waals surface area (Å²) in [6.45, 7) is 5.08. The molecule has 8 nitrogen and oxygen atoms in total. The number of ether oxygens (including phenoxy) is 1. The third-order valence-corrected chi connectivity index (χ3v) is 5.96. The predicted molar refractivity (Wildman–Crippen MR) is 104 cm³/mol. The van der Waals surface area contributed by atoms with Crippen LogP contribution in [0.5, 0.6) is 5.75 Å². The van der Waals surface area contributed by atoms with Crippen molar-refractivity contribution in [3.05, 3.63) is 30.3 Å². The number of amides is 4. The van der Waals surface area contributed by atoms with Crippen LogP contribution >= 0.6 is 0 Å². The minimum atomic E-state index is -0.970. The molecule has 156 valence electrons. The SMILES string of the molecule is CN1C(=O)C2(C)CC(C)(C(=O)NNC(=O)COc3ccccc3)CC(C)(C2)C1=O. The molecule has 0 aromatic heterocycles. The van der Waals surface area contributed by atoms with Crippen LogP contribution in [0.1, 0.15) is 40.0 Å². The molecule has 2 atom stereocenters. The molecule has 2 N–H and O–H groups in total. The van der Waals surface area contributed by atoms with Crippen molar-refractivity contribution in [2.45, 2.75) is 40.0 Å². The van der Waals surface area contributed by atoms with Gasteiger partial charge in [-0.2, -0.15) is 0 Å². The first-order valence-corrected chi connectivity index (χ1v) is 9.59. The van der Waals surface area contributed by atoms with Crippen LogP contribution in [-0.2, 0) is 19.2 Å². The Morgan fingerprint density at radius 3 is 2.07 bits per heavy atom. The van der Waals surface area contributed by atoms with Crippen molar-refractivity contribution >= 4 is 23.6 Å². The van der Waals surface area contributed by atoms with Gasteiger partial charge in [-0.1, -0.05) is 39.0 Å². The number of benzene rings is 1. The number of likely N-dealkylation sites (tertiary alicyclic amines) is 1. The van der Waals surface area contributed by atoms with E-state index in [1.54, 1.807) is 45.0 Å². The monoisotopic (exact) mass is 401 g/mol. The first-order chi connectivity index (χ1) is 13.5. The van der Waals surface area contributed by atoms with Crippen LogP contribution < -0.4 is 15.6 Å². The van der Waals surface area contributed by atoms with Crippen molar-refractivity contribution in [1.29, 1.82) is 0 Å². The standard InChI is InChI=1S/C21H27N3O5/c1-19(11-20(2)13-21(3,12-19)18(28)24(4)17(20)27)16(26)23-22-15(25)10-29-14-8-6-5-7-9-14/h5-9H,10-13H2,1-4H3,(H,22,25)(H,23,26). The number of nitrogens with one attached hydrogen (secondary N) is 2. The number of piperidine rings is 1. The minimum absolute atomic E-state index is 0.252. The maximum Gasteiger partial charge on any atom is 0.276 e. The average Bonchev–Trinajstić information content (AvgIpc) is 2.67. The van der Waals surface area contributed by atoms with Gasteiger partial charge in [-0.05, 0) is 31.4 Å². The topological polar surface area (TPSA) is 105 Å². The highest BCUT2D eigenvalue weighted by Gasteiger charge is 2.62. The van der Waals surface area contributed by atoms with E-state index in [1.165, 1.54) is 11.9 Å². The third kappa shape index (κ3) is 3.83. The van der Waals surface area contributed by atoms with Crippen LogP contribution in [0.25, 0.3) is 0 Å². The molecule has 1 aromatic rings. The molecule has 1 saturated carbocycles. The number of carbonyl (C=O) groups excluding carboxylic acids is 4. The van der Waals surface area contributed by atoms with E-state index in [9.17, 15) is 19.2 Å². The number of imide groups is 1. The number of nitrogens with zero attached hydrogens (tertiary/aromatic N) is 1. The van der Waals surface area contributed by atoms with Crippen LogP contribution in [0.15, 0.2) is 30.3 Å². The molecular formula is C21H27N3O5. The zero-order valence-corrected chi connectivity index (χ0v) is 17.2. The second-order valence-corrected chi connectivity index (χ2v) is 8.99. The molecule has 1 heterocycles. The number of hydrazine groups is 1. The predicted octanol–water partition coefficient (Wildman–Crippen LogP) is 1.41. The van der Waals surface area contributed by atoms with E-state index < -0.39 is 28.1 Å². The number of carbonyl (C=O) groups is 4. The Hall–Kier alpha value is -2.90. The fraction of sp³-hybridized carbons (Fsp3) is 0.524. The summed E-state index contributed by atoms with van der Waals surface area (Å²) in [6, 6.07) is 8.86. The second-order valence-electron chi connectivity index (χ2n) is 8.99. The van der Waals surface area contributed by atoms with Gasteiger partial charge in [0.2, 0.25) is 17.7 Å². The van der Waals surface area contributed by atoms with Gasteiger partial charge in [-0.3, -0.25) is 34.9 Å². The minimum Gasteiger partial charge on any atom is -0.484 e. The summed E-state index contributed by atoms with van der Waals surface area (Å²) >= 11 is 0. The van der Waals surface area contributed by atoms with Gasteiger partial charge in [0, 0.05) is 17.9 Å². The quantitative estimate of drug-likeness (QED) is 0.586. The van der Waals surface area contributed by atoms with Crippen LogP contribution in [0, 0.1) is 16.2 Å². The van der Waals surface area contributed by atoms with Crippen LogP contribution in [0.4, 0.5) is 0 Å². The van der Waals surface area contributed by atoms with Crippen LogP contribution in [0.3, 0.4) is 0 Å². The fourth-order valence-electron chi connectivity index (χ4n) is 5.11. The van der Waals surface area contributed by atoms with Gasteiger partial charge >= 0.3 is 0 Å². The van der Waals surface area contributed by atoms with Crippen molar-refractivity contribution in [1.82, 2.24) is 15.8 Å². The molecule has 1 aliphatic carbocycles. The van der Waals surface area contributed by atoms with E-state index in [4.69, 9.17) is 4.74 Å². The highest BCUT2D eigenvalue weighted by Crippen LogP contribution is 2.58. The molecule has 29 heavy (non-hydrogen) atoms. The van der Waals surface area contributed by atoms with E-state index in [1.807, 2.05) is 6.07 Å². The van der Waals surface area contributed by atoms with Crippen molar-refractivity contribution in [2.75, 3.05) is 13.7 Å². The highest BCUT2D eigenvalue weighted by molar-refractivity contribution is 6.04. The van der Waals surface area contributed by atoms with E-state index in [0.717, 1.165) is 0 Å². The van der Waals surface area contributed by atoms with E-state index in [-0.39, 0.29) is 18.4 Å². The third-order valence-electron chi connectivity index (χ3n) is 5.96. The maximum atomic E-state index is 12.9. The van der Waals surface area contributed by atoms with Gasteiger partial charge < -0.3 is 4.74 Å². The summed E-state index contributed by atoms with van der Waals surface area (Å²) in [6.07, 6.45) is 1.02. The molecule has 2 aliphatic rings. The van der Waals surface area contributed by atoms with Gasteiger partial charge in [0.15, 0.2) is 6.61 Å². The van der Waals surface area contributed by atoms with Gasteiger partial charge in [-0.25, -0.2) is 0 Å². The lowest BCUT2D eigenvalue weighted by molar-refractivity contribution is -0.178. The highest BCUT2D eigenvalue weighted by atomic mass is 16.5. The molecule has 1 aromatic carbocycles. The maximum absolute atomic E-state index is 12.9.